The zero-order valence-electron chi connectivity index (χ0n) is 27.2. The first kappa shape index (κ1) is 39.5. The van der Waals surface area contributed by atoms with E-state index in [4.69, 9.17) is 9.66 Å². The van der Waals surface area contributed by atoms with E-state index in [9.17, 15) is 18.0 Å². The molecule has 0 aliphatic carbocycles. The number of carbonyl (C=O) groups is 2. The predicted octanol–water partition coefficient (Wildman–Crippen LogP) is 8.55. The van der Waals surface area contributed by atoms with Crippen molar-refractivity contribution >= 4 is 22.1 Å². The number of aromatic nitrogens is 2. The minimum Gasteiger partial charge on any atom is -0.478 e. The number of carbonyl (C=O) groups excluding carboxylic acids is 1. The Labute approximate surface area is 269 Å². The van der Waals surface area contributed by atoms with Crippen molar-refractivity contribution in [3.8, 4) is 0 Å². The molecule has 3 rings (SSSR count). The Balaban J connectivity index is 0.000000371. The first-order valence-corrected chi connectivity index (χ1v) is 17.4. The molecule has 0 radical (unpaired) electrons. The van der Waals surface area contributed by atoms with Gasteiger partial charge in [-0.2, -0.15) is 8.42 Å². The third kappa shape index (κ3) is 19.5. The molecule has 0 saturated heterocycles. The molecule has 0 amide bonds. The highest BCUT2D eigenvalue weighted by Crippen LogP contribution is 2.14. The van der Waals surface area contributed by atoms with Crippen LogP contribution in [0, 0.1) is 0 Å². The van der Waals surface area contributed by atoms with E-state index in [1.165, 1.54) is 139 Å². The summed E-state index contributed by atoms with van der Waals surface area (Å²) in [6.07, 6.45) is 25.2. The molecule has 9 nitrogen and oxygen atoms in total. The second-order valence-corrected chi connectivity index (χ2v) is 12.5. The van der Waals surface area contributed by atoms with E-state index in [1.807, 2.05) is 17.9 Å². The maximum atomic E-state index is 11.0. The highest BCUT2D eigenvalue weighted by atomic mass is 32.2. The zero-order chi connectivity index (χ0) is 33.3. The molecule has 0 bridgehead atoms. The number of benzene rings is 2. The third-order valence-electron chi connectivity index (χ3n) is 7.12. The van der Waals surface area contributed by atoms with Gasteiger partial charge in [0.05, 0.1) is 35.2 Å². The number of imidazole rings is 1. The number of carboxylic acids is 1. The molecule has 2 N–H and O–H groups in total. The van der Waals surface area contributed by atoms with Crippen molar-refractivity contribution in [2.24, 2.45) is 7.05 Å². The van der Waals surface area contributed by atoms with Crippen LogP contribution in [0.2, 0.25) is 0 Å². The summed E-state index contributed by atoms with van der Waals surface area (Å²) in [5, 5.41) is 8.61. The predicted molar refractivity (Wildman–Crippen MR) is 178 cm³/mol. The lowest BCUT2D eigenvalue weighted by atomic mass is 10.0. The molecule has 0 spiro atoms. The summed E-state index contributed by atoms with van der Waals surface area (Å²) in [6, 6.07) is 13.1. The van der Waals surface area contributed by atoms with Crippen molar-refractivity contribution in [1.82, 2.24) is 9.55 Å². The molecular formula is C35H52N2O7S. The maximum absolute atomic E-state index is 11.0. The standard InChI is InChI=1S/C20H38N2.C9H8O4.C6H6O3S/c1-3-4-5-6-7-8-9-10-11-12-13-14-15-16-17-20-18-22(2)19-21-20;1-13-9(12)7-4-2-3-6(5-7)8(10)11;7-10(8,9)6-4-2-1-3-5-6/h18-19H,3-17H2,1-2H3;2-5H,1H3,(H,10,11);1-5H,(H,7,8,9). The van der Waals surface area contributed by atoms with Gasteiger partial charge in [0.1, 0.15) is 0 Å². The third-order valence-corrected chi connectivity index (χ3v) is 7.98. The van der Waals surface area contributed by atoms with Gasteiger partial charge in [-0.25, -0.2) is 14.6 Å². The van der Waals surface area contributed by atoms with Gasteiger partial charge in [0.25, 0.3) is 10.1 Å². The van der Waals surface area contributed by atoms with Gasteiger partial charge in [-0.05, 0) is 43.2 Å². The molecule has 2 aromatic carbocycles. The maximum Gasteiger partial charge on any atom is 0.337 e. The molecule has 45 heavy (non-hydrogen) atoms. The van der Waals surface area contributed by atoms with Gasteiger partial charge in [-0.1, -0.05) is 115 Å². The number of carboxylic acid groups (broad SMARTS) is 1. The molecule has 0 unspecified atom stereocenters. The number of aryl methyl sites for hydroxylation is 2. The molecule has 0 aliphatic heterocycles. The van der Waals surface area contributed by atoms with Crippen LogP contribution in [0.15, 0.2) is 72.0 Å². The summed E-state index contributed by atoms with van der Waals surface area (Å²) >= 11 is 0. The largest absolute Gasteiger partial charge is 0.478 e. The monoisotopic (exact) mass is 644 g/mol. The Morgan fingerprint density at radius 1 is 0.778 bits per heavy atom. The minimum atomic E-state index is -4.00. The van der Waals surface area contributed by atoms with Gasteiger partial charge in [0, 0.05) is 13.2 Å². The number of rotatable bonds is 18. The summed E-state index contributed by atoms with van der Waals surface area (Å²) in [6.45, 7) is 2.29. The van der Waals surface area contributed by atoms with Crippen molar-refractivity contribution in [3.05, 3.63) is 83.9 Å². The molecule has 250 valence electrons. The molecule has 0 fully saturated rings. The van der Waals surface area contributed by atoms with Crippen molar-refractivity contribution in [3.63, 3.8) is 0 Å². The second kappa shape index (κ2) is 23.8. The van der Waals surface area contributed by atoms with Crippen LogP contribution in [0.3, 0.4) is 0 Å². The summed E-state index contributed by atoms with van der Waals surface area (Å²) in [7, 11) is -0.714. The summed E-state index contributed by atoms with van der Waals surface area (Å²) in [4.78, 5) is 25.8. The van der Waals surface area contributed by atoms with Crippen LogP contribution in [0.4, 0.5) is 0 Å². The van der Waals surface area contributed by atoms with E-state index < -0.39 is 22.1 Å². The number of nitrogens with zero attached hydrogens (tertiary/aromatic N) is 2. The Morgan fingerprint density at radius 3 is 1.71 bits per heavy atom. The van der Waals surface area contributed by atoms with E-state index >= 15 is 0 Å². The fraction of sp³-hybridized carbons (Fsp3) is 0.514. The smallest absolute Gasteiger partial charge is 0.337 e. The van der Waals surface area contributed by atoms with Crippen LogP contribution in [0.5, 0.6) is 0 Å². The molecule has 1 aromatic heterocycles. The van der Waals surface area contributed by atoms with Gasteiger partial charge in [-0.15, -0.1) is 0 Å². The number of esters is 1. The Bertz CT molecular complexity index is 1320. The quantitative estimate of drug-likeness (QED) is 0.0799. The molecular weight excluding hydrogens is 592 g/mol. The topological polar surface area (TPSA) is 136 Å². The lowest BCUT2D eigenvalue weighted by molar-refractivity contribution is 0.0600. The molecule has 3 aromatic rings. The first-order valence-electron chi connectivity index (χ1n) is 16.0. The fourth-order valence-electron chi connectivity index (χ4n) is 4.59. The molecule has 1 heterocycles. The molecule has 0 atom stereocenters. The van der Waals surface area contributed by atoms with Crippen LogP contribution >= 0.6 is 0 Å². The number of hydrogen-bond acceptors (Lipinski definition) is 6. The lowest BCUT2D eigenvalue weighted by Crippen LogP contribution is -2.03. The number of ether oxygens (including phenoxy) is 1. The Morgan fingerprint density at radius 2 is 1.29 bits per heavy atom. The average molecular weight is 645 g/mol. The van der Waals surface area contributed by atoms with Gasteiger partial charge < -0.3 is 14.4 Å². The average Bonchev–Trinajstić information content (AvgIpc) is 3.46. The first-order chi connectivity index (χ1) is 21.6. The van der Waals surface area contributed by atoms with Crippen molar-refractivity contribution < 1.29 is 32.4 Å². The van der Waals surface area contributed by atoms with Crippen LogP contribution in [-0.2, 0) is 28.3 Å². The van der Waals surface area contributed by atoms with E-state index in [0.29, 0.717) is 0 Å². The van der Waals surface area contributed by atoms with Crippen LogP contribution in [-0.4, -0.2) is 46.7 Å². The lowest BCUT2D eigenvalue weighted by Gasteiger charge is -2.03. The molecule has 10 heteroatoms. The van der Waals surface area contributed by atoms with Gasteiger partial charge in [0.2, 0.25) is 0 Å². The highest BCUT2D eigenvalue weighted by molar-refractivity contribution is 7.85. The Hall–Kier alpha value is -3.50. The van der Waals surface area contributed by atoms with E-state index in [1.54, 1.807) is 18.2 Å². The zero-order valence-corrected chi connectivity index (χ0v) is 28.0. The second-order valence-electron chi connectivity index (χ2n) is 11.0. The van der Waals surface area contributed by atoms with Gasteiger partial charge in [0.15, 0.2) is 0 Å². The van der Waals surface area contributed by atoms with Crippen LogP contribution in [0.25, 0.3) is 0 Å². The fourth-order valence-corrected chi connectivity index (χ4v) is 5.09. The number of aromatic carboxylic acids is 1. The Kier molecular flexibility index (Phi) is 20.9. The van der Waals surface area contributed by atoms with Crippen molar-refractivity contribution in [2.75, 3.05) is 7.11 Å². The van der Waals surface area contributed by atoms with E-state index in [0.717, 1.165) is 6.42 Å². The number of unbranched alkanes of at least 4 members (excludes halogenated alkanes) is 13. The number of hydrogen-bond donors (Lipinski definition) is 2. The normalized spacial score (nSPS) is 10.7. The van der Waals surface area contributed by atoms with Gasteiger partial charge >= 0.3 is 11.9 Å². The molecule has 0 aliphatic rings. The summed E-state index contributed by atoms with van der Waals surface area (Å²) in [5.74, 6) is -1.60. The number of methoxy groups -OCH3 is 1. The highest BCUT2D eigenvalue weighted by Gasteiger charge is 2.08. The van der Waals surface area contributed by atoms with Crippen molar-refractivity contribution in [2.45, 2.75) is 108 Å². The SMILES string of the molecule is CCCCCCCCCCCCCCCCc1cn(C)cn1.COC(=O)c1cccc(C(=O)O)c1.O=S(=O)(O)c1ccccc1. The van der Waals surface area contributed by atoms with Crippen LogP contribution < -0.4 is 0 Å². The summed E-state index contributed by atoms with van der Waals surface area (Å²) < 4.78 is 35.7. The van der Waals surface area contributed by atoms with Gasteiger partial charge in [-0.3, -0.25) is 4.55 Å². The minimum absolute atomic E-state index is 0.0721. The van der Waals surface area contributed by atoms with Crippen LogP contribution in [0.1, 0.15) is 123 Å². The van der Waals surface area contributed by atoms with Crippen molar-refractivity contribution in [1.29, 1.82) is 0 Å². The van der Waals surface area contributed by atoms with E-state index in [-0.39, 0.29) is 16.0 Å². The summed E-state index contributed by atoms with van der Waals surface area (Å²) in [5.41, 5.74) is 1.56. The molecule has 0 saturated carbocycles. The van der Waals surface area contributed by atoms with E-state index in [2.05, 4.69) is 22.8 Å².